The fourth-order valence-electron chi connectivity index (χ4n) is 4.15. The van der Waals surface area contributed by atoms with Crippen LogP contribution >= 0.6 is 0 Å². The fraction of sp³-hybridized carbons (Fsp3) is 0.588. The second-order valence-corrected chi connectivity index (χ2v) is 6.42. The van der Waals surface area contributed by atoms with Gasteiger partial charge in [0.1, 0.15) is 5.56 Å². The van der Waals surface area contributed by atoms with Gasteiger partial charge in [0.25, 0.3) is 11.6 Å². The Kier molecular flexibility index (Phi) is 4.35. The molecule has 6 heteroatoms. The van der Waals surface area contributed by atoms with Crippen LogP contribution in [0.5, 0.6) is 0 Å². The van der Waals surface area contributed by atoms with Crippen LogP contribution in [0, 0.1) is 15.5 Å². The molecule has 1 amide bonds. The van der Waals surface area contributed by atoms with Crippen LogP contribution in [0.2, 0.25) is 0 Å². The SMILES string of the molecule is CCO[C@H]1C[C@H](NC(=O)c2ccccc2[N+](=O)[O-])C12CCCC2. The molecule has 1 aromatic rings. The maximum Gasteiger partial charge on any atom is 0.282 e. The third-order valence-corrected chi connectivity index (χ3v) is 5.34. The zero-order chi connectivity index (χ0) is 16.4. The van der Waals surface area contributed by atoms with Gasteiger partial charge >= 0.3 is 0 Å². The van der Waals surface area contributed by atoms with E-state index in [1.807, 2.05) is 6.92 Å². The van der Waals surface area contributed by atoms with Crippen molar-refractivity contribution >= 4 is 11.6 Å². The van der Waals surface area contributed by atoms with Crippen molar-refractivity contribution in [3.05, 3.63) is 39.9 Å². The predicted molar refractivity (Wildman–Crippen MR) is 85.3 cm³/mol. The lowest BCUT2D eigenvalue weighted by molar-refractivity contribution is -0.385. The van der Waals surface area contributed by atoms with Gasteiger partial charge in [0.05, 0.1) is 11.0 Å². The summed E-state index contributed by atoms with van der Waals surface area (Å²) in [5.74, 6) is -0.358. The Morgan fingerprint density at radius 1 is 1.39 bits per heavy atom. The quantitative estimate of drug-likeness (QED) is 0.668. The van der Waals surface area contributed by atoms with Crippen LogP contribution in [0.15, 0.2) is 24.3 Å². The number of carbonyl (C=O) groups is 1. The van der Waals surface area contributed by atoms with Crippen molar-refractivity contribution in [3.8, 4) is 0 Å². The second-order valence-electron chi connectivity index (χ2n) is 6.42. The maximum atomic E-state index is 12.5. The van der Waals surface area contributed by atoms with Gasteiger partial charge in [-0.2, -0.15) is 0 Å². The van der Waals surface area contributed by atoms with Crippen LogP contribution < -0.4 is 5.32 Å². The average molecular weight is 318 g/mol. The molecule has 0 unspecified atom stereocenters. The highest BCUT2D eigenvalue weighted by atomic mass is 16.6. The van der Waals surface area contributed by atoms with Crippen LogP contribution in [0.25, 0.3) is 0 Å². The van der Waals surface area contributed by atoms with Crippen LogP contribution in [-0.4, -0.2) is 29.6 Å². The van der Waals surface area contributed by atoms with Crippen molar-refractivity contribution < 1.29 is 14.5 Å². The van der Waals surface area contributed by atoms with Gasteiger partial charge < -0.3 is 10.1 Å². The Balaban J connectivity index is 1.75. The van der Waals surface area contributed by atoms with Gasteiger partial charge in [0.2, 0.25) is 0 Å². The van der Waals surface area contributed by atoms with E-state index in [1.165, 1.54) is 12.1 Å². The van der Waals surface area contributed by atoms with Gasteiger partial charge in [-0.25, -0.2) is 0 Å². The van der Waals surface area contributed by atoms with E-state index >= 15 is 0 Å². The normalized spacial score (nSPS) is 25.1. The standard InChI is InChI=1S/C17H22N2O4/c1-2-23-15-11-14(17(15)9-5-6-10-17)18-16(20)12-7-3-4-8-13(12)19(21)22/h3-4,7-8,14-15H,2,5-6,9-11H2,1H3,(H,18,20)/t14-,15-/m0/s1. The average Bonchev–Trinajstić information content (AvgIpc) is 3.06. The van der Waals surface area contributed by atoms with Crippen LogP contribution in [0.3, 0.4) is 0 Å². The highest BCUT2D eigenvalue weighted by Gasteiger charge is 2.57. The monoisotopic (exact) mass is 318 g/mol. The van der Waals surface area contributed by atoms with E-state index < -0.39 is 4.92 Å². The highest BCUT2D eigenvalue weighted by molar-refractivity contribution is 5.98. The molecule has 0 aliphatic heterocycles. The highest BCUT2D eigenvalue weighted by Crippen LogP contribution is 2.54. The molecule has 2 fully saturated rings. The van der Waals surface area contributed by atoms with Crippen LogP contribution in [-0.2, 0) is 4.74 Å². The number of nitro benzene ring substituents is 1. The zero-order valence-electron chi connectivity index (χ0n) is 13.3. The number of para-hydroxylation sites is 1. The molecule has 124 valence electrons. The third-order valence-electron chi connectivity index (χ3n) is 5.34. The van der Waals surface area contributed by atoms with E-state index in [0.29, 0.717) is 6.61 Å². The molecule has 3 rings (SSSR count). The molecule has 6 nitrogen and oxygen atoms in total. The summed E-state index contributed by atoms with van der Waals surface area (Å²) >= 11 is 0. The van der Waals surface area contributed by atoms with E-state index in [1.54, 1.807) is 12.1 Å². The van der Waals surface area contributed by atoms with E-state index in [4.69, 9.17) is 4.74 Å². The molecule has 2 aliphatic carbocycles. The minimum Gasteiger partial charge on any atom is -0.378 e. The Hall–Kier alpha value is -1.95. The van der Waals surface area contributed by atoms with Crippen LogP contribution in [0.4, 0.5) is 5.69 Å². The third kappa shape index (κ3) is 2.72. The summed E-state index contributed by atoms with van der Waals surface area (Å²) in [6.45, 7) is 2.67. The van der Waals surface area contributed by atoms with Gasteiger partial charge in [-0.3, -0.25) is 14.9 Å². The number of carbonyl (C=O) groups excluding carboxylic acids is 1. The Bertz CT molecular complexity index is 610. The first-order chi connectivity index (χ1) is 11.1. The lowest BCUT2D eigenvalue weighted by Gasteiger charge is -2.54. The molecular weight excluding hydrogens is 296 g/mol. The fourth-order valence-corrected chi connectivity index (χ4v) is 4.15. The Labute approximate surface area is 135 Å². The van der Waals surface area contributed by atoms with Gasteiger partial charge in [-0.15, -0.1) is 0 Å². The molecule has 0 heterocycles. The topological polar surface area (TPSA) is 81.5 Å². The largest absolute Gasteiger partial charge is 0.378 e. The van der Waals surface area contributed by atoms with E-state index in [-0.39, 0.29) is 34.7 Å². The molecule has 2 atom stereocenters. The summed E-state index contributed by atoms with van der Waals surface area (Å²) in [5.41, 5.74) is 0.00606. The molecule has 23 heavy (non-hydrogen) atoms. The van der Waals surface area contributed by atoms with Crippen molar-refractivity contribution in [2.75, 3.05) is 6.61 Å². The van der Waals surface area contributed by atoms with Gasteiger partial charge in [-0.1, -0.05) is 25.0 Å². The van der Waals surface area contributed by atoms with Crippen molar-refractivity contribution in [1.82, 2.24) is 5.32 Å². The number of nitro groups is 1. The molecule has 1 aromatic carbocycles. The van der Waals surface area contributed by atoms with Crippen molar-refractivity contribution in [2.24, 2.45) is 5.41 Å². The van der Waals surface area contributed by atoms with Gasteiger partial charge in [0, 0.05) is 24.1 Å². The second kappa shape index (κ2) is 6.28. The first-order valence-corrected chi connectivity index (χ1v) is 8.24. The summed E-state index contributed by atoms with van der Waals surface area (Å²) in [6.07, 6.45) is 5.41. The van der Waals surface area contributed by atoms with Crippen molar-refractivity contribution in [2.45, 2.75) is 51.2 Å². The van der Waals surface area contributed by atoms with Crippen molar-refractivity contribution in [1.29, 1.82) is 0 Å². The number of benzene rings is 1. The number of hydrogen-bond donors (Lipinski definition) is 1. The molecule has 0 bridgehead atoms. The first kappa shape index (κ1) is 15.9. The minimum atomic E-state index is -0.510. The lowest BCUT2D eigenvalue weighted by Crippen LogP contribution is -2.63. The van der Waals surface area contributed by atoms with E-state index in [0.717, 1.165) is 32.1 Å². The summed E-state index contributed by atoms with van der Waals surface area (Å²) in [6, 6.07) is 6.14. The molecule has 0 saturated heterocycles. The Morgan fingerprint density at radius 3 is 2.74 bits per heavy atom. The first-order valence-electron chi connectivity index (χ1n) is 8.24. The van der Waals surface area contributed by atoms with Gasteiger partial charge in [0.15, 0.2) is 0 Å². The number of ether oxygens (including phenoxy) is 1. The molecular formula is C17H22N2O4. The molecule has 0 aromatic heterocycles. The number of rotatable bonds is 5. The van der Waals surface area contributed by atoms with E-state index in [9.17, 15) is 14.9 Å². The molecule has 2 aliphatic rings. The molecule has 1 spiro atoms. The predicted octanol–water partition coefficient (Wildman–Crippen LogP) is 3.06. The van der Waals surface area contributed by atoms with E-state index in [2.05, 4.69) is 5.32 Å². The summed E-state index contributed by atoms with van der Waals surface area (Å²) in [7, 11) is 0. The lowest BCUT2D eigenvalue weighted by atomic mass is 9.60. The van der Waals surface area contributed by atoms with Crippen LogP contribution in [0.1, 0.15) is 49.4 Å². The molecule has 2 saturated carbocycles. The summed E-state index contributed by atoms with van der Waals surface area (Å²) < 4.78 is 5.84. The smallest absolute Gasteiger partial charge is 0.282 e. The number of nitrogens with zero attached hydrogens (tertiary/aromatic N) is 1. The number of nitrogens with one attached hydrogen (secondary N) is 1. The summed E-state index contributed by atoms with van der Waals surface area (Å²) in [5, 5.41) is 14.1. The minimum absolute atomic E-state index is 0.0230. The molecule has 1 N–H and O–H groups in total. The number of amides is 1. The maximum absolute atomic E-state index is 12.5. The summed E-state index contributed by atoms with van der Waals surface area (Å²) in [4.78, 5) is 23.1. The molecule has 0 radical (unpaired) electrons. The van der Waals surface area contributed by atoms with Gasteiger partial charge in [-0.05, 0) is 32.3 Å². The van der Waals surface area contributed by atoms with Crippen molar-refractivity contribution in [3.63, 3.8) is 0 Å². The zero-order valence-corrected chi connectivity index (χ0v) is 13.3. The Morgan fingerprint density at radius 2 is 2.09 bits per heavy atom. The number of hydrogen-bond acceptors (Lipinski definition) is 4.